The molecular weight excluding hydrogens is 409 g/mol. The van der Waals surface area contributed by atoms with Gasteiger partial charge in [-0.15, -0.1) is 0 Å². The molecule has 0 fully saturated rings. The maximum absolute atomic E-state index is 12.1. The molecule has 0 aliphatic carbocycles. The lowest BCUT2D eigenvalue weighted by Gasteiger charge is -2.17. The Morgan fingerprint density at radius 2 is 2.00 bits per heavy atom. The van der Waals surface area contributed by atoms with Crippen LogP contribution in [0.4, 0.5) is 0 Å². The molecule has 5 nitrogen and oxygen atoms in total. The van der Waals surface area contributed by atoms with E-state index in [1.807, 2.05) is 50.4 Å². The summed E-state index contributed by atoms with van der Waals surface area (Å²) in [4.78, 5) is 18.7. The number of benzene rings is 2. The number of aryl methyl sites for hydroxylation is 2. The summed E-state index contributed by atoms with van der Waals surface area (Å²) in [5, 5.41) is 4.09. The molecule has 1 amide bonds. The molecule has 7 heteroatoms. The SMILES string of the molecule is Cc1ccc2nc(CCC(=O)NCCCN(C)Cc3ccc(Cl)c(Cl)c3)oc2c1. The number of carbonyl (C=O) groups is 1. The summed E-state index contributed by atoms with van der Waals surface area (Å²) in [6.07, 6.45) is 1.73. The van der Waals surface area contributed by atoms with Crippen molar-refractivity contribution >= 4 is 40.2 Å². The minimum atomic E-state index is 0.00979. The Hall–Kier alpha value is -2.08. The van der Waals surface area contributed by atoms with Gasteiger partial charge in [-0.1, -0.05) is 35.3 Å². The molecule has 0 unspecified atom stereocenters. The molecule has 0 saturated heterocycles. The van der Waals surface area contributed by atoms with Crippen molar-refractivity contribution in [2.45, 2.75) is 32.7 Å². The van der Waals surface area contributed by atoms with Gasteiger partial charge in [0.25, 0.3) is 0 Å². The molecule has 0 atom stereocenters. The van der Waals surface area contributed by atoms with E-state index in [9.17, 15) is 4.79 Å². The quantitative estimate of drug-likeness (QED) is 0.481. The fraction of sp³-hybridized carbons (Fsp3) is 0.364. The Balaban J connectivity index is 1.34. The van der Waals surface area contributed by atoms with Gasteiger partial charge in [0.05, 0.1) is 10.0 Å². The summed E-state index contributed by atoms with van der Waals surface area (Å²) >= 11 is 12.0. The Labute approximate surface area is 181 Å². The third-order valence-corrected chi connectivity index (χ3v) is 5.37. The maximum atomic E-state index is 12.1. The van der Waals surface area contributed by atoms with Gasteiger partial charge in [-0.2, -0.15) is 0 Å². The van der Waals surface area contributed by atoms with E-state index < -0.39 is 0 Å². The van der Waals surface area contributed by atoms with Gasteiger partial charge >= 0.3 is 0 Å². The van der Waals surface area contributed by atoms with Crippen LogP contribution >= 0.6 is 23.2 Å². The van der Waals surface area contributed by atoms with Gasteiger partial charge in [0.1, 0.15) is 5.52 Å². The van der Waals surface area contributed by atoms with Crippen LogP contribution in [0.5, 0.6) is 0 Å². The van der Waals surface area contributed by atoms with E-state index in [1.165, 1.54) is 0 Å². The number of oxazole rings is 1. The standard InChI is InChI=1S/C22H25Cl2N3O2/c1-15-4-7-19-20(12-15)29-22(26-19)9-8-21(28)25-10-3-11-27(2)14-16-5-6-17(23)18(24)13-16/h4-7,12-13H,3,8-11,14H2,1-2H3,(H,25,28). The molecule has 1 N–H and O–H groups in total. The van der Waals surface area contributed by atoms with Crippen molar-refractivity contribution in [2.24, 2.45) is 0 Å². The molecule has 0 bridgehead atoms. The Bertz CT molecular complexity index is 987. The number of fused-ring (bicyclic) bond motifs is 1. The van der Waals surface area contributed by atoms with Crippen molar-refractivity contribution in [3.63, 3.8) is 0 Å². The molecule has 29 heavy (non-hydrogen) atoms. The predicted octanol–water partition coefficient (Wildman–Crippen LogP) is 5.01. The molecule has 3 rings (SSSR count). The van der Waals surface area contributed by atoms with Crippen LogP contribution in [-0.2, 0) is 17.8 Å². The molecule has 0 radical (unpaired) electrons. The largest absolute Gasteiger partial charge is 0.441 e. The van der Waals surface area contributed by atoms with E-state index in [4.69, 9.17) is 27.6 Å². The zero-order chi connectivity index (χ0) is 20.8. The van der Waals surface area contributed by atoms with Gasteiger partial charge in [-0.25, -0.2) is 4.98 Å². The van der Waals surface area contributed by atoms with Crippen LogP contribution in [0.15, 0.2) is 40.8 Å². The van der Waals surface area contributed by atoms with Gasteiger partial charge < -0.3 is 14.6 Å². The van der Waals surface area contributed by atoms with Crippen molar-refractivity contribution in [3.8, 4) is 0 Å². The number of rotatable bonds is 9. The van der Waals surface area contributed by atoms with Gasteiger partial charge in [0.15, 0.2) is 11.5 Å². The zero-order valence-electron chi connectivity index (χ0n) is 16.7. The van der Waals surface area contributed by atoms with Crippen molar-refractivity contribution in [3.05, 3.63) is 63.5 Å². The monoisotopic (exact) mass is 433 g/mol. The van der Waals surface area contributed by atoms with E-state index in [-0.39, 0.29) is 5.91 Å². The minimum Gasteiger partial charge on any atom is -0.441 e. The number of aromatic nitrogens is 1. The highest BCUT2D eigenvalue weighted by molar-refractivity contribution is 6.42. The second-order valence-electron chi connectivity index (χ2n) is 7.27. The second-order valence-corrected chi connectivity index (χ2v) is 8.08. The van der Waals surface area contributed by atoms with Crippen LogP contribution in [0.25, 0.3) is 11.1 Å². The van der Waals surface area contributed by atoms with Crippen LogP contribution in [0.1, 0.15) is 29.9 Å². The number of halogens is 2. The molecule has 0 spiro atoms. The van der Waals surface area contributed by atoms with E-state index in [0.29, 0.717) is 35.3 Å². The fourth-order valence-corrected chi connectivity index (χ4v) is 3.42. The first-order valence-electron chi connectivity index (χ1n) is 9.66. The van der Waals surface area contributed by atoms with Crippen molar-refractivity contribution in [1.29, 1.82) is 0 Å². The predicted molar refractivity (Wildman–Crippen MR) is 117 cm³/mol. The number of amides is 1. The lowest BCUT2D eigenvalue weighted by atomic mass is 10.2. The zero-order valence-corrected chi connectivity index (χ0v) is 18.2. The van der Waals surface area contributed by atoms with E-state index in [1.54, 1.807) is 0 Å². The average molecular weight is 434 g/mol. The molecule has 1 heterocycles. The number of carbonyl (C=O) groups excluding carboxylic acids is 1. The fourth-order valence-electron chi connectivity index (χ4n) is 3.10. The molecule has 0 aliphatic rings. The first kappa shape index (κ1) is 21.6. The Morgan fingerprint density at radius 1 is 1.17 bits per heavy atom. The summed E-state index contributed by atoms with van der Waals surface area (Å²) in [5.74, 6) is 0.609. The topological polar surface area (TPSA) is 58.4 Å². The highest BCUT2D eigenvalue weighted by Crippen LogP contribution is 2.23. The van der Waals surface area contributed by atoms with Gasteiger partial charge in [0.2, 0.25) is 5.91 Å². The number of hydrogen-bond acceptors (Lipinski definition) is 4. The van der Waals surface area contributed by atoms with E-state index in [0.717, 1.165) is 41.7 Å². The molecule has 0 saturated carbocycles. The molecule has 1 aromatic heterocycles. The third-order valence-electron chi connectivity index (χ3n) is 4.63. The average Bonchev–Trinajstić information content (AvgIpc) is 3.08. The van der Waals surface area contributed by atoms with Gasteiger partial charge in [0, 0.05) is 25.9 Å². The van der Waals surface area contributed by atoms with Crippen LogP contribution in [0.3, 0.4) is 0 Å². The van der Waals surface area contributed by atoms with Crippen LogP contribution in [0, 0.1) is 6.92 Å². The molecule has 2 aromatic carbocycles. The first-order valence-corrected chi connectivity index (χ1v) is 10.4. The van der Waals surface area contributed by atoms with E-state index >= 15 is 0 Å². The Kier molecular flexibility index (Phi) is 7.53. The molecule has 3 aromatic rings. The van der Waals surface area contributed by atoms with Crippen molar-refractivity contribution in [2.75, 3.05) is 20.1 Å². The van der Waals surface area contributed by atoms with Gasteiger partial charge in [-0.05, 0) is 62.3 Å². The van der Waals surface area contributed by atoms with Gasteiger partial charge in [-0.3, -0.25) is 4.79 Å². The molecule has 154 valence electrons. The highest BCUT2D eigenvalue weighted by Gasteiger charge is 2.09. The lowest BCUT2D eigenvalue weighted by Crippen LogP contribution is -2.28. The van der Waals surface area contributed by atoms with Crippen molar-refractivity contribution < 1.29 is 9.21 Å². The summed E-state index contributed by atoms with van der Waals surface area (Å²) in [7, 11) is 2.04. The second kappa shape index (κ2) is 10.1. The van der Waals surface area contributed by atoms with Crippen LogP contribution in [0.2, 0.25) is 10.0 Å². The maximum Gasteiger partial charge on any atom is 0.220 e. The summed E-state index contributed by atoms with van der Waals surface area (Å²) in [5.41, 5.74) is 3.84. The number of nitrogens with one attached hydrogen (secondary N) is 1. The number of nitrogens with zero attached hydrogens (tertiary/aromatic N) is 2. The van der Waals surface area contributed by atoms with Crippen LogP contribution < -0.4 is 5.32 Å². The summed E-state index contributed by atoms with van der Waals surface area (Å²) in [6.45, 7) is 4.29. The molecular formula is C22H25Cl2N3O2. The normalized spacial score (nSPS) is 11.3. The number of hydrogen-bond donors (Lipinski definition) is 1. The summed E-state index contributed by atoms with van der Waals surface area (Å²) < 4.78 is 5.71. The smallest absolute Gasteiger partial charge is 0.220 e. The van der Waals surface area contributed by atoms with Crippen LogP contribution in [-0.4, -0.2) is 35.9 Å². The Morgan fingerprint density at radius 3 is 2.79 bits per heavy atom. The van der Waals surface area contributed by atoms with E-state index in [2.05, 4.69) is 15.2 Å². The summed E-state index contributed by atoms with van der Waals surface area (Å²) in [6, 6.07) is 11.6. The highest BCUT2D eigenvalue weighted by atomic mass is 35.5. The van der Waals surface area contributed by atoms with Crippen molar-refractivity contribution in [1.82, 2.24) is 15.2 Å². The molecule has 0 aliphatic heterocycles. The minimum absolute atomic E-state index is 0.00979. The third kappa shape index (κ3) is 6.46. The lowest BCUT2D eigenvalue weighted by molar-refractivity contribution is -0.121. The first-order chi connectivity index (χ1) is 13.9.